The van der Waals surface area contributed by atoms with Gasteiger partial charge in [0.2, 0.25) is 21.9 Å². The second kappa shape index (κ2) is 5.12. The molecule has 0 aliphatic carbocycles. The lowest BCUT2D eigenvalue weighted by atomic mass is 10.2. The Morgan fingerprint density at radius 2 is 2.19 bits per heavy atom. The van der Waals surface area contributed by atoms with Gasteiger partial charge in [-0.15, -0.1) is 0 Å². The quantitative estimate of drug-likeness (QED) is 0.881. The van der Waals surface area contributed by atoms with Crippen LogP contribution in [0, 0.1) is 0 Å². The number of hydrogen-bond donors (Lipinski definition) is 2. The molecule has 2 N–H and O–H groups in total. The van der Waals surface area contributed by atoms with Crippen molar-refractivity contribution in [3.8, 4) is 0 Å². The van der Waals surface area contributed by atoms with Crippen molar-refractivity contribution in [3.63, 3.8) is 0 Å². The predicted octanol–water partition coefficient (Wildman–Crippen LogP) is 0.925. The molecule has 112 valence electrons. The first-order valence-electron chi connectivity index (χ1n) is 6.67. The molecular weight excluding hydrogens is 292 g/mol. The minimum absolute atomic E-state index is 0.335. The molecule has 1 saturated heterocycles. The van der Waals surface area contributed by atoms with Crippen LogP contribution in [0.4, 0.5) is 5.95 Å². The van der Waals surface area contributed by atoms with E-state index < -0.39 is 16.1 Å². The summed E-state index contributed by atoms with van der Waals surface area (Å²) in [4.78, 5) is 19.5. The van der Waals surface area contributed by atoms with Crippen molar-refractivity contribution in [1.82, 2.24) is 14.3 Å². The van der Waals surface area contributed by atoms with Gasteiger partial charge in [0.05, 0.1) is 17.3 Å². The number of aromatic amines is 1. The Kier molecular flexibility index (Phi) is 3.42. The van der Waals surface area contributed by atoms with E-state index in [0.717, 1.165) is 17.3 Å². The average Bonchev–Trinajstić information content (AvgIpc) is 3.03. The minimum Gasteiger partial charge on any atom is -0.324 e. The van der Waals surface area contributed by atoms with E-state index >= 15 is 0 Å². The van der Waals surface area contributed by atoms with Gasteiger partial charge in [-0.2, -0.15) is 4.31 Å². The number of carbonyl (C=O) groups is 1. The number of para-hydroxylation sites is 2. The maximum atomic E-state index is 12.3. The monoisotopic (exact) mass is 308 g/mol. The number of amides is 1. The number of fused-ring (bicyclic) bond motifs is 1. The molecule has 2 aromatic rings. The molecule has 0 radical (unpaired) electrons. The number of H-pyrrole nitrogens is 1. The van der Waals surface area contributed by atoms with Crippen molar-refractivity contribution in [2.45, 2.75) is 18.9 Å². The van der Waals surface area contributed by atoms with E-state index in [9.17, 15) is 13.2 Å². The van der Waals surface area contributed by atoms with Crippen LogP contribution in [-0.2, 0) is 14.8 Å². The fourth-order valence-corrected chi connectivity index (χ4v) is 3.74. The fraction of sp³-hybridized carbons (Fsp3) is 0.385. The maximum absolute atomic E-state index is 12.3. The molecule has 1 aliphatic rings. The minimum atomic E-state index is -3.37. The summed E-state index contributed by atoms with van der Waals surface area (Å²) in [5, 5.41) is 2.66. The van der Waals surface area contributed by atoms with E-state index in [-0.39, 0.29) is 5.91 Å². The number of anilines is 1. The molecule has 7 nitrogen and oxygen atoms in total. The van der Waals surface area contributed by atoms with Gasteiger partial charge in [-0.1, -0.05) is 12.1 Å². The lowest BCUT2D eigenvalue weighted by Gasteiger charge is -2.20. The van der Waals surface area contributed by atoms with E-state index in [2.05, 4.69) is 15.3 Å². The second-order valence-electron chi connectivity index (χ2n) is 5.12. The van der Waals surface area contributed by atoms with Crippen LogP contribution in [0.1, 0.15) is 12.8 Å². The van der Waals surface area contributed by atoms with Gasteiger partial charge in [0.15, 0.2) is 0 Å². The van der Waals surface area contributed by atoms with Gasteiger partial charge in [-0.3, -0.25) is 10.1 Å². The van der Waals surface area contributed by atoms with Crippen molar-refractivity contribution in [3.05, 3.63) is 24.3 Å². The number of hydrogen-bond acceptors (Lipinski definition) is 4. The molecule has 1 amide bonds. The number of sulfonamides is 1. The summed E-state index contributed by atoms with van der Waals surface area (Å²) >= 11 is 0. The third-order valence-electron chi connectivity index (χ3n) is 3.56. The van der Waals surface area contributed by atoms with E-state index in [0.29, 0.717) is 25.3 Å². The summed E-state index contributed by atoms with van der Waals surface area (Å²) in [6.07, 6.45) is 2.34. The lowest BCUT2D eigenvalue weighted by molar-refractivity contribution is -0.119. The van der Waals surface area contributed by atoms with E-state index in [1.807, 2.05) is 24.3 Å². The van der Waals surface area contributed by atoms with Gasteiger partial charge in [0.25, 0.3) is 0 Å². The Hall–Kier alpha value is -1.93. The van der Waals surface area contributed by atoms with Gasteiger partial charge in [-0.05, 0) is 25.0 Å². The number of nitrogens with zero attached hydrogens (tertiary/aromatic N) is 2. The second-order valence-corrected chi connectivity index (χ2v) is 7.06. The third kappa shape index (κ3) is 2.77. The first-order chi connectivity index (χ1) is 9.95. The van der Waals surface area contributed by atoms with E-state index in [4.69, 9.17) is 0 Å². The standard InChI is InChI=1S/C13H16N4O3S/c1-21(19,20)17-8-4-7-11(17)12(18)16-13-14-9-5-2-3-6-10(9)15-13/h2-3,5-6,11H,4,7-8H2,1H3,(H2,14,15,16,18). The van der Waals surface area contributed by atoms with Gasteiger partial charge in [-0.25, -0.2) is 13.4 Å². The van der Waals surface area contributed by atoms with Crippen LogP contribution >= 0.6 is 0 Å². The number of aromatic nitrogens is 2. The van der Waals surface area contributed by atoms with Crippen LogP contribution in [0.15, 0.2) is 24.3 Å². The van der Waals surface area contributed by atoms with Gasteiger partial charge in [0, 0.05) is 6.54 Å². The number of benzene rings is 1. The molecule has 0 saturated carbocycles. The van der Waals surface area contributed by atoms with Gasteiger partial charge >= 0.3 is 0 Å². The molecule has 21 heavy (non-hydrogen) atoms. The van der Waals surface area contributed by atoms with Crippen molar-refractivity contribution >= 4 is 32.9 Å². The lowest BCUT2D eigenvalue weighted by Crippen LogP contribution is -2.42. The Morgan fingerprint density at radius 3 is 2.90 bits per heavy atom. The Balaban J connectivity index is 1.79. The molecule has 2 heterocycles. The third-order valence-corrected chi connectivity index (χ3v) is 4.85. The zero-order chi connectivity index (χ0) is 15.0. The highest BCUT2D eigenvalue weighted by Crippen LogP contribution is 2.22. The zero-order valence-corrected chi connectivity index (χ0v) is 12.4. The molecule has 0 spiro atoms. The van der Waals surface area contributed by atoms with Crippen molar-refractivity contribution in [1.29, 1.82) is 0 Å². The molecule has 1 unspecified atom stereocenters. The maximum Gasteiger partial charge on any atom is 0.245 e. The Morgan fingerprint density at radius 1 is 1.43 bits per heavy atom. The summed E-state index contributed by atoms with van der Waals surface area (Å²) in [5.41, 5.74) is 1.57. The normalized spacial score (nSPS) is 20.0. The first-order valence-corrected chi connectivity index (χ1v) is 8.52. The molecule has 0 bridgehead atoms. The smallest absolute Gasteiger partial charge is 0.245 e. The number of nitrogens with one attached hydrogen (secondary N) is 2. The topological polar surface area (TPSA) is 95.2 Å². The molecule has 8 heteroatoms. The fourth-order valence-electron chi connectivity index (χ4n) is 2.61. The molecule has 1 aliphatic heterocycles. The van der Waals surface area contributed by atoms with Crippen LogP contribution in [0.5, 0.6) is 0 Å². The van der Waals surface area contributed by atoms with E-state index in [1.165, 1.54) is 4.31 Å². The first kappa shape index (κ1) is 14.0. The molecule has 1 aromatic carbocycles. The van der Waals surface area contributed by atoms with Gasteiger partial charge < -0.3 is 4.98 Å². The van der Waals surface area contributed by atoms with Crippen LogP contribution in [0.2, 0.25) is 0 Å². The zero-order valence-electron chi connectivity index (χ0n) is 11.5. The molecule has 1 aromatic heterocycles. The molecule has 1 fully saturated rings. The van der Waals surface area contributed by atoms with Crippen LogP contribution in [0.3, 0.4) is 0 Å². The Bertz CT molecular complexity index is 751. The summed E-state index contributed by atoms with van der Waals surface area (Å²) in [7, 11) is -3.37. The summed E-state index contributed by atoms with van der Waals surface area (Å²) < 4.78 is 24.6. The highest BCUT2D eigenvalue weighted by molar-refractivity contribution is 7.88. The average molecular weight is 308 g/mol. The predicted molar refractivity (Wildman–Crippen MR) is 79.3 cm³/mol. The molecular formula is C13H16N4O3S. The Labute approximate surface area is 122 Å². The largest absolute Gasteiger partial charge is 0.324 e. The van der Waals surface area contributed by atoms with Crippen LogP contribution in [0.25, 0.3) is 11.0 Å². The summed E-state index contributed by atoms with van der Waals surface area (Å²) in [5.74, 6) is -0.0152. The number of rotatable bonds is 3. The highest BCUT2D eigenvalue weighted by Gasteiger charge is 2.36. The number of carbonyl (C=O) groups excluding carboxylic acids is 1. The summed E-state index contributed by atoms with van der Waals surface area (Å²) in [6.45, 7) is 0.386. The van der Waals surface area contributed by atoms with Crippen molar-refractivity contribution in [2.75, 3.05) is 18.1 Å². The SMILES string of the molecule is CS(=O)(=O)N1CCCC1C(=O)Nc1nc2ccccc2[nH]1. The number of imidazole rings is 1. The van der Waals surface area contributed by atoms with E-state index in [1.54, 1.807) is 0 Å². The highest BCUT2D eigenvalue weighted by atomic mass is 32.2. The summed E-state index contributed by atoms with van der Waals surface area (Å²) in [6, 6.07) is 6.76. The van der Waals surface area contributed by atoms with Crippen LogP contribution in [-0.4, -0.2) is 47.4 Å². The molecule has 1 atom stereocenters. The van der Waals surface area contributed by atoms with Crippen molar-refractivity contribution in [2.24, 2.45) is 0 Å². The molecule has 3 rings (SSSR count). The van der Waals surface area contributed by atoms with Crippen LogP contribution < -0.4 is 5.32 Å². The van der Waals surface area contributed by atoms with Crippen molar-refractivity contribution < 1.29 is 13.2 Å². The van der Waals surface area contributed by atoms with Gasteiger partial charge in [0.1, 0.15) is 6.04 Å².